The van der Waals surface area contributed by atoms with Crippen LogP contribution in [0.1, 0.15) is 30.9 Å². The van der Waals surface area contributed by atoms with E-state index in [0.717, 1.165) is 5.56 Å². The summed E-state index contributed by atoms with van der Waals surface area (Å²) in [5.74, 6) is 4.57. The Kier molecular flexibility index (Phi) is 5.95. The minimum atomic E-state index is -1.03. The summed E-state index contributed by atoms with van der Waals surface area (Å²) in [5.41, 5.74) is 0.433. The lowest BCUT2D eigenvalue weighted by molar-refractivity contribution is -0.134. The number of imide groups is 1. The molecule has 0 spiro atoms. The van der Waals surface area contributed by atoms with Gasteiger partial charge in [0.1, 0.15) is 11.4 Å². The number of piperidine rings is 1. The van der Waals surface area contributed by atoms with Crippen LogP contribution in [0.25, 0.3) is 0 Å². The van der Waals surface area contributed by atoms with E-state index in [1.165, 1.54) is 17.0 Å². The monoisotopic (exact) mass is 433 g/mol. The van der Waals surface area contributed by atoms with Gasteiger partial charge in [-0.1, -0.05) is 36.3 Å². The van der Waals surface area contributed by atoms with Crippen LogP contribution < -0.4 is 5.32 Å². The number of hydrogen-bond donors (Lipinski definition) is 1. The molecule has 4 amide bonds. The fourth-order valence-corrected chi connectivity index (χ4v) is 4.29. The molecule has 1 atom stereocenters. The normalized spacial score (nSPS) is 21.2. The zero-order chi connectivity index (χ0) is 22.7. The number of benzene rings is 2. The molecule has 2 aliphatic rings. The molecule has 0 radical (unpaired) electrons. The van der Waals surface area contributed by atoms with Gasteiger partial charge in [-0.2, -0.15) is 0 Å². The summed E-state index contributed by atoms with van der Waals surface area (Å²) in [5, 5.41) is 2.85. The van der Waals surface area contributed by atoms with E-state index >= 15 is 0 Å². The summed E-state index contributed by atoms with van der Waals surface area (Å²) < 4.78 is 13.1. The maximum Gasteiger partial charge on any atom is 0.325 e. The van der Waals surface area contributed by atoms with Crippen molar-refractivity contribution in [3.8, 4) is 11.8 Å². The first kappa shape index (κ1) is 21.6. The third-order valence-electron chi connectivity index (χ3n) is 6.24. The first-order valence-electron chi connectivity index (χ1n) is 10.6. The van der Waals surface area contributed by atoms with Crippen LogP contribution >= 0.6 is 0 Å². The van der Waals surface area contributed by atoms with Crippen molar-refractivity contribution < 1.29 is 18.8 Å². The lowest BCUT2D eigenvalue weighted by Crippen LogP contribution is -2.54. The predicted octanol–water partition coefficient (Wildman–Crippen LogP) is 2.93. The van der Waals surface area contributed by atoms with E-state index in [9.17, 15) is 18.8 Å². The van der Waals surface area contributed by atoms with E-state index in [1.807, 2.05) is 30.3 Å². The quantitative estimate of drug-likeness (QED) is 0.598. The van der Waals surface area contributed by atoms with Crippen molar-refractivity contribution in [1.82, 2.24) is 15.1 Å². The standard InChI is InChI=1S/C25H24FN3O3/c1-25(23(31)29(24(32)27-25)17-19-7-10-21(26)11-8-19)20-13-15-28(16-14-20)22(30)12-9-18-5-3-2-4-6-18/h2-8,10-11,20H,13-17H2,1H3,(H,27,32). The lowest BCUT2D eigenvalue weighted by Gasteiger charge is -2.38. The van der Waals surface area contributed by atoms with Gasteiger partial charge in [0.25, 0.3) is 11.8 Å². The summed E-state index contributed by atoms with van der Waals surface area (Å²) in [7, 11) is 0. The average Bonchev–Trinajstić information content (AvgIpc) is 3.03. The van der Waals surface area contributed by atoms with Crippen LogP contribution in [0, 0.1) is 23.6 Å². The molecule has 2 saturated heterocycles. The molecule has 164 valence electrons. The van der Waals surface area contributed by atoms with Crippen molar-refractivity contribution in [2.75, 3.05) is 13.1 Å². The van der Waals surface area contributed by atoms with E-state index in [4.69, 9.17) is 0 Å². The van der Waals surface area contributed by atoms with E-state index < -0.39 is 11.6 Å². The molecule has 1 unspecified atom stereocenters. The summed E-state index contributed by atoms with van der Waals surface area (Å²) in [4.78, 5) is 41.0. The molecule has 0 aliphatic carbocycles. The first-order chi connectivity index (χ1) is 15.4. The van der Waals surface area contributed by atoms with Crippen molar-refractivity contribution in [1.29, 1.82) is 0 Å². The van der Waals surface area contributed by atoms with Crippen LogP contribution in [0.5, 0.6) is 0 Å². The largest absolute Gasteiger partial charge is 0.332 e. The molecule has 32 heavy (non-hydrogen) atoms. The van der Waals surface area contributed by atoms with E-state index in [1.54, 1.807) is 24.0 Å². The molecule has 2 heterocycles. The Morgan fingerprint density at radius 1 is 1.09 bits per heavy atom. The lowest BCUT2D eigenvalue weighted by atomic mass is 9.79. The summed E-state index contributed by atoms with van der Waals surface area (Å²) in [6.07, 6.45) is 1.18. The van der Waals surface area contributed by atoms with Gasteiger partial charge in [0.2, 0.25) is 0 Å². The molecule has 0 aromatic heterocycles. The maximum atomic E-state index is 13.1. The second kappa shape index (κ2) is 8.83. The van der Waals surface area contributed by atoms with Gasteiger partial charge in [-0.15, -0.1) is 0 Å². The van der Waals surface area contributed by atoms with Crippen molar-refractivity contribution in [2.45, 2.75) is 31.8 Å². The highest BCUT2D eigenvalue weighted by Crippen LogP contribution is 2.34. The molecule has 4 rings (SSSR count). The molecule has 2 fully saturated rings. The molecule has 2 aromatic carbocycles. The highest BCUT2D eigenvalue weighted by atomic mass is 19.1. The first-order valence-corrected chi connectivity index (χ1v) is 10.6. The van der Waals surface area contributed by atoms with Crippen LogP contribution in [0.3, 0.4) is 0 Å². The smallest absolute Gasteiger partial charge is 0.325 e. The van der Waals surface area contributed by atoms with Gasteiger partial charge in [-0.25, -0.2) is 9.18 Å². The molecular formula is C25H24FN3O3. The van der Waals surface area contributed by atoms with Crippen LogP contribution in [0.2, 0.25) is 0 Å². The second-order valence-corrected chi connectivity index (χ2v) is 8.33. The SMILES string of the molecule is CC1(C2CCN(C(=O)C#Cc3ccccc3)CC2)NC(=O)N(Cc2ccc(F)cc2)C1=O. The van der Waals surface area contributed by atoms with Gasteiger partial charge in [0.15, 0.2) is 0 Å². The Morgan fingerprint density at radius 3 is 2.41 bits per heavy atom. The molecular weight excluding hydrogens is 409 g/mol. The van der Waals surface area contributed by atoms with Crippen LogP contribution in [0.15, 0.2) is 54.6 Å². The van der Waals surface area contributed by atoms with Crippen molar-refractivity contribution in [3.63, 3.8) is 0 Å². The number of urea groups is 1. The minimum absolute atomic E-state index is 0.0902. The second-order valence-electron chi connectivity index (χ2n) is 8.33. The number of amides is 4. The number of halogens is 1. The maximum absolute atomic E-state index is 13.1. The Morgan fingerprint density at radius 2 is 1.75 bits per heavy atom. The van der Waals surface area contributed by atoms with Crippen LogP contribution in [-0.2, 0) is 16.1 Å². The topological polar surface area (TPSA) is 69.7 Å². The Hall–Kier alpha value is -3.66. The molecule has 6 nitrogen and oxygen atoms in total. The van der Waals surface area contributed by atoms with Crippen LogP contribution in [0.4, 0.5) is 9.18 Å². The fraction of sp³-hybridized carbons (Fsp3) is 0.320. The van der Waals surface area contributed by atoms with Gasteiger partial charge in [0.05, 0.1) is 6.54 Å². The average molecular weight is 433 g/mol. The fourth-order valence-electron chi connectivity index (χ4n) is 4.29. The Bertz CT molecular complexity index is 1080. The van der Waals surface area contributed by atoms with Gasteiger partial charge in [-0.05, 0) is 55.5 Å². The van der Waals surface area contributed by atoms with Gasteiger partial charge in [-0.3, -0.25) is 14.5 Å². The van der Waals surface area contributed by atoms with Crippen LogP contribution in [-0.4, -0.2) is 46.3 Å². The summed E-state index contributed by atoms with van der Waals surface area (Å²) in [6, 6.07) is 14.6. The number of rotatable bonds is 3. The minimum Gasteiger partial charge on any atom is -0.332 e. The third-order valence-corrected chi connectivity index (χ3v) is 6.24. The number of carbonyl (C=O) groups excluding carboxylic acids is 3. The highest BCUT2D eigenvalue weighted by Gasteiger charge is 2.52. The highest BCUT2D eigenvalue weighted by molar-refractivity contribution is 6.07. The molecule has 0 bridgehead atoms. The van der Waals surface area contributed by atoms with Gasteiger partial charge < -0.3 is 10.2 Å². The Balaban J connectivity index is 1.38. The molecule has 7 heteroatoms. The zero-order valence-electron chi connectivity index (χ0n) is 17.8. The van der Waals surface area contributed by atoms with Gasteiger partial charge >= 0.3 is 6.03 Å². The van der Waals surface area contributed by atoms with E-state index in [2.05, 4.69) is 17.2 Å². The summed E-state index contributed by atoms with van der Waals surface area (Å²) >= 11 is 0. The number of carbonyl (C=O) groups is 3. The number of nitrogens with one attached hydrogen (secondary N) is 1. The van der Waals surface area contributed by atoms with Crippen molar-refractivity contribution >= 4 is 17.8 Å². The Labute approximate surface area is 186 Å². The molecule has 2 aromatic rings. The van der Waals surface area contributed by atoms with E-state index in [-0.39, 0.29) is 30.1 Å². The summed E-state index contributed by atoms with van der Waals surface area (Å²) in [6.45, 7) is 2.79. The van der Waals surface area contributed by atoms with Crippen molar-refractivity contribution in [2.24, 2.45) is 5.92 Å². The van der Waals surface area contributed by atoms with E-state index in [0.29, 0.717) is 31.5 Å². The number of likely N-dealkylation sites (tertiary alicyclic amines) is 1. The molecule has 2 aliphatic heterocycles. The third kappa shape index (κ3) is 4.35. The predicted molar refractivity (Wildman–Crippen MR) is 117 cm³/mol. The molecule has 0 saturated carbocycles. The number of hydrogen-bond acceptors (Lipinski definition) is 3. The zero-order valence-corrected chi connectivity index (χ0v) is 17.8. The number of nitrogens with zero attached hydrogens (tertiary/aromatic N) is 2. The molecule has 1 N–H and O–H groups in total. The van der Waals surface area contributed by atoms with Gasteiger partial charge in [0, 0.05) is 24.6 Å². The van der Waals surface area contributed by atoms with Crippen molar-refractivity contribution in [3.05, 3.63) is 71.5 Å².